The van der Waals surface area contributed by atoms with Crippen LogP contribution in [0.2, 0.25) is 0 Å². The lowest BCUT2D eigenvalue weighted by Gasteiger charge is -2.52. The van der Waals surface area contributed by atoms with Crippen LogP contribution in [-0.4, -0.2) is 36.3 Å². The number of aromatic amines is 1. The molecule has 4 heterocycles. The molecule has 1 N–H and O–H groups in total. The van der Waals surface area contributed by atoms with E-state index < -0.39 is 0 Å². The van der Waals surface area contributed by atoms with Crippen LogP contribution in [0.4, 0.5) is 0 Å². The summed E-state index contributed by atoms with van der Waals surface area (Å²) in [6, 6.07) is 2.05. The zero-order valence-corrected chi connectivity index (χ0v) is 12.5. The van der Waals surface area contributed by atoms with Gasteiger partial charge in [0.15, 0.2) is 6.29 Å². The van der Waals surface area contributed by atoms with Crippen LogP contribution in [0, 0.1) is 5.41 Å². The van der Waals surface area contributed by atoms with Crippen molar-refractivity contribution in [2.45, 2.75) is 56.8 Å². The number of nitrogens with zero attached hydrogens (tertiary/aromatic N) is 1. The van der Waals surface area contributed by atoms with Crippen molar-refractivity contribution in [3.05, 3.63) is 18.0 Å². The van der Waals surface area contributed by atoms with E-state index in [1.54, 1.807) is 0 Å². The fraction of sp³-hybridized carbons (Fsp3) is 0.812. The molecule has 5 nitrogen and oxygen atoms in total. The number of H-pyrrole nitrogens is 1. The maximum absolute atomic E-state index is 6.26. The Morgan fingerprint density at radius 2 is 2.19 bits per heavy atom. The molecule has 0 amide bonds. The van der Waals surface area contributed by atoms with Crippen LogP contribution >= 0.6 is 0 Å². The molecule has 0 aromatic carbocycles. The first-order chi connectivity index (χ1) is 10.3. The summed E-state index contributed by atoms with van der Waals surface area (Å²) in [5.41, 5.74) is 1.20. The van der Waals surface area contributed by atoms with E-state index in [0.717, 1.165) is 44.8 Å². The second kappa shape index (κ2) is 5.38. The van der Waals surface area contributed by atoms with Gasteiger partial charge in [-0.2, -0.15) is 5.10 Å². The van der Waals surface area contributed by atoms with Crippen LogP contribution in [0.5, 0.6) is 0 Å². The van der Waals surface area contributed by atoms with Crippen LogP contribution in [-0.2, 0) is 19.8 Å². The third-order valence-corrected chi connectivity index (χ3v) is 5.48. The van der Waals surface area contributed by atoms with Crippen LogP contribution < -0.4 is 0 Å². The topological polar surface area (TPSA) is 56.4 Å². The van der Waals surface area contributed by atoms with Crippen molar-refractivity contribution in [3.63, 3.8) is 0 Å². The van der Waals surface area contributed by atoms with E-state index in [-0.39, 0.29) is 17.3 Å². The van der Waals surface area contributed by atoms with Gasteiger partial charge in [-0.1, -0.05) is 0 Å². The van der Waals surface area contributed by atoms with Crippen molar-refractivity contribution in [2.75, 3.05) is 19.8 Å². The Morgan fingerprint density at radius 3 is 2.81 bits per heavy atom. The standard InChI is InChI=1S/C16H24N2O3/c1-2-10-19-14(3-1)20-11-15-5-7-16(8-6-15,21-12-15)13-4-9-17-18-13/h4,9,14H,1-3,5-8,10-12H2,(H,17,18). The first-order valence-electron chi connectivity index (χ1n) is 8.17. The summed E-state index contributed by atoms with van der Waals surface area (Å²) in [4.78, 5) is 0. The molecular weight excluding hydrogens is 268 g/mol. The molecule has 1 saturated carbocycles. The molecule has 1 unspecified atom stereocenters. The molecule has 3 saturated heterocycles. The fourth-order valence-electron chi connectivity index (χ4n) is 3.92. The van der Waals surface area contributed by atoms with Crippen molar-refractivity contribution < 1.29 is 14.2 Å². The molecule has 1 aromatic heterocycles. The van der Waals surface area contributed by atoms with Gasteiger partial charge in [-0.3, -0.25) is 5.10 Å². The maximum atomic E-state index is 6.26. The van der Waals surface area contributed by atoms with Gasteiger partial charge in [-0.05, 0) is 51.0 Å². The molecule has 1 aromatic rings. The normalized spacial score (nSPS) is 39.5. The third kappa shape index (κ3) is 2.51. The lowest BCUT2D eigenvalue weighted by molar-refractivity contribution is -0.236. The minimum Gasteiger partial charge on any atom is -0.368 e. The molecular formula is C16H24N2O3. The van der Waals surface area contributed by atoms with Crippen LogP contribution in [0.15, 0.2) is 12.3 Å². The van der Waals surface area contributed by atoms with Gasteiger partial charge in [0.2, 0.25) is 0 Å². The Morgan fingerprint density at radius 1 is 1.29 bits per heavy atom. The van der Waals surface area contributed by atoms with Crippen molar-refractivity contribution in [3.8, 4) is 0 Å². The van der Waals surface area contributed by atoms with Crippen molar-refractivity contribution in [1.29, 1.82) is 0 Å². The summed E-state index contributed by atoms with van der Waals surface area (Å²) in [7, 11) is 0. The largest absolute Gasteiger partial charge is 0.368 e. The maximum Gasteiger partial charge on any atom is 0.157 e. The Labute approximate surface area is 125 Å². The predicted molar refractivity (Wildman–Crippen MR) is 76.7 cm³/mol. The third-order valence-electron chi connectivity index (χ3n) is 5.48. The molecule has 5 rings (SSSR count). The van der Waals surface area contributed by atoms with Crippen LogP contribution in [0.25, 0.3) is 0 Å². The minimum atomic E-state index is -0.125. The zero-order chi connectivity index (χ0) is 14.2. The van der Waals surface area contributed by atoms with E-state index in [1.807, 2.05) is 12.3 Å². The molecule has 0 radical (unpaired) electrons. The summed E-state index contributed by atoms with van der Waals surface area (Å²) >= 11 is 0. The number of ether oxygens (including phenoxy) is 3. The van der Waals surface area contributed by atoms with Gasteiger partial charge in [-0.25, -0.2) is 0 Å². The van der Waals surface area contributed by atoms with Crippen LogP contribution in [0.1, 0.15) is 50.6 Å². The van der Waals surface area contributed by atoms with Gasteiger partial charge in [0.25, 0.3) is 0 Å². The fourth-order valence-corrected chi connectivity index (χ4v) is 3.92. The number of rotatable bonds is 4. The predicted octanol–water partition coefficient (Wildman–Crippen LogP) is 2.74. The second-order valence-electron chi connectivity index (χ2n) is 6.86. The van der Waals surface area contributed by atoms with Crippen molar-refractivity contribution in [1.82, 2.24) is 10.2 Å². The Bertz CT molecular complexity index is 443. The quantitative estimate of drug-likeness (QED) is 0.927. The first kappa shape index (κ1) is 13.7. The average molecular weight is 292 g/mol. The Balaban J connectivity index is 1.37. The second-order valence-corrected chi connectivity index (χ2v) is 6.86. The van der Waals surface area contributed by atoms with E-state index >= 15 is 0 Å². The highest BCUT2D eigenvalue weighted by molar-refractivity contribution is 5.15. The molecule has 116 valence electrons. The van der Waals surface area contributed by atoms with Gasteiger partial charge >= 0.3 is 0 Å². The Kier molecular flexibility index (Phi) is 3.52. The molecule has 2 bridgehead atoms. The molecule has 4 aliphatic rings. The van der Waals surface area contributed by atoms with Gasteiger partial charge in [0.1, 0.15) is 5.60 Å². The number of nitrogens with one attached hydrogen (secondary N) is 1. The van der Waals surface area contributed by atoms with E-state index in [9.17, 15) is 0 Å². The number of hydrogen-bond acceptors (Lipinski definition) is 4. The molecule has 5 heteroatoms. The summed E-state index contributed by atoms with van der Waals surface area (Å²) < 4.78 is 18.0. The van der Waals surface area contributed by atoms with Crippen molar-refractivity contribution >= 4 is 0 Å². The number of hydrogen-bond donors (Lipinski definition) is 1. The SMILES string of the molecule is c1cc(C23CCC(COC4CCCCO4)(CC2)CO3)[nH]n1. The molecule has 4 fully saturated rings. The highest BCUT2D eigenvalue weighted by Gasteiger charge is 2.51. The van der Waals surface area contributed by atoms with E-state index in [0.29, 0.717) is 0 Å². The summed E-state index contributed by atoms with van der Waals surface area (Å²) in [5.74, 6) is 0. The summed E-state index contributed by atoms with van der Waals surface area (Å²) in [6.07, 6.45) is 9.70. The van der Waals surface area contributed by atoms with E-state index in [4.69, 9.17) is 14.2 Å². The smallest absolute Gasteiger partial charge is 0.157 e. The first-order valence-corrected chi connectivity index (χ1v) is 8.17. The molecule has 1 aliphatic carbocycles. The lowest BCUT2D eigenvalue weighted by Crippen LogP contribution is -2.51. The summed E-state index contributed by atoms with van der Waals surface area (Å²) in [5, 5.41) is 7.17. The number of aromatic nitrogens is 2. The van der Waals surface area contributed by atoms with E-state index in [1.165, 1.54) is 25.7 Å². The molecule has 21 heavy (non-hydrogen) atoms. The monoisotopic (exact) mass is 292 g/mol. The van der Waals surface area contributed by atoms with Gasteiger partial charge in [-0.15, -0.1) is 0 Å². The van der Waals surface area contributed by atoms with Gasteiger partial charge in [0.05, 0.1) is 18.9 Å². The van der Waals surface area contributed by atoms with Gasteiger partial charge < -0.3 is 14.2 Å². The van der Waals surface area contributed by atoms with E-state index in [2.05, 4.69) is 10.2 Å². The minimum absolute atomic E-state index is 0.00865. The Hall–Kier alpha value is -0.910. The number of fused-ring (bicyclic) bond motifs is 3. The average Bonchev–Trinajstić information content (AvgIpc) is 3.11. The molecule has 0 spiro atoms. The molecule has 1 atom stereocenters. The summed E-state index contributed by atoms with van der Waals surface area (Å²) in [6.45, 7) is 2.41. The lowest BCUT2D eigenvalue weighted by atomic mass is 9.65. The van der Waals surface area contributed by atoms with Gasteiger partial charge in [0, 0.05) is 18.2 Å². The highest BCUT2D eigenvalue weighted by atomic mass is 16.7. The van der Waals surface area contributed by atoms with Crippen LogP contribution in [0.3, 0.4) is 0 Å². The highest BCUT2D eigenvalue weighted by Crippen LogP contribution is 2.53. The zero-order valence-electron chi connectivity index (χ0n) is 12.5. The molecule has 3 aliphatic heterocycles. The van der Waals surface area contributed by atoms with Crippen molar-refractivity contribution in [2.24, 2.45) is 5.41 Å².